The maximum Gasteiger partial charge on any atom is 0.285 e. The third-order valence-corrected chi connectivity index (χ3v) is 3.72. The third-order valence-electron chi connectivity index (χ3n) is 3.35. The first-order chi connectivity index (χ1) is 9.63. The molecule has 1 unspecified atom stereocenters. The van der Waals surface area contributed by atoms with E-state index >= 15 is 0 Å². The summed E-state index contributed by atoms with van der Waals surface area (Å²) in [4.78, 5) is 25.4. The highest BCUT2D eigenvalue weighted by atomic mass is 35.5. The lowest BCUT2D eigenvalue weighted by Gasteiger charge is -2.33. The molecule has 2 heterocycles. The Kier molecular flexibility index (Phi) is 4.97. The van der Waals surface area contributed by atoms with Gasteiger partial charge in [0.15, 0.2) is 0 Å². The molecule has 1 aliphatic heterocycles. The lowest BCUT2D eigenvalue weighted by atomic mass is 9.97. The molecule has 0 aliphatic carbocycles. The molecule has 8 heteroatoms. The lowest BCUT2D eigenvalue weighted by molar-refractivity contribution is -0.125. The molecule has 1 saturated heterocycles. The average Bonchev–Trinajstić information content (AvgIpc) is 2.47. The number of nitrogens with one attached hydrogen (secondary N) is 2. The number of aromatic nitrogens is 2. The number of aromatic amines is 1. The highest BCUT2D eigenvalue weighted by Gasteiger charge is 2.27. The van der Waals surface area contributed by atoms with Crippen molar-refractivity contribution in [2.45, 2.75) is 12.8 Å². The Labute approximate surface area is 121 Å². The number of hydrogen-bond acceptors (Lipinski definition) is 5. The van der Waals surface area contributed by atoms with E-state index in [0.717, 1.165) is 19.4 Å². The van der Waals surface area contributed by atoms with Gasteiger partial charge in [-0.2, -0.15) is 5.10 Å². The van der Waals surface area contributed by atoms with Crippen LogP contribution in [-0.2, 0) is 4.79 Å². The summed E-state index contributed by atoms with van der Waals surface area (Å²) in [7, 11) is 0. The van der Waals surface area contributed by atoms with E-state index in [-0.39, 0.29) is 16.8 Å². The second-order valence-electron chi connectivity index (χ2n) is 4.76. The van der Waals surface area contributed by atoms with Gasteiger partial charge in [0, 0.05) is 26.2 Å². The number of hydrogen-bond donors (Lipinski definition) is 3. The van der Waals surface area contributed by atoms with E-state index < -0.39 is 5.56 Å². The van der Waals surface area contributed by atoms with Gasteiger partial charge in [-0.15, -0.1) is 0 Å². The van der Waals surface area contributed by atoms with Gasteiger partial charge in [-0.25, -0.2) is 5.10 Å². The topological polar surface area (TPSA) is 104 Å². The maximum atomic E-state index is 12.0. The van der Waals surface area contributed by atoms with Crippen molar-refractivity contribution in [1.29, 1.82) is 0 Å². The van der Waals surface area contributed by atoms with Crippen molar-refractivity contribution < 1.29 is 4.79 Å². The normalized spacial score (nSPS) is 18.9. The van der Waals surface area contributed by atoms with Crippen LogP contribution in [0, 0.1) is 5.92 Å². The fourth-order valence-electron chi connectivity index (χ4n) is 2.34. The number of amides is 1. The standard InChI is InChI=1S/C12H18ClN5O2/c13-10-9(6-16-17-12(10)20)18-5-1-2-8(7-18)11(19)15-4-3-14/h6,8H,1-5,7,14H2,(H,15,19)(H,17,20). The molecule has 1 amide bonds. The van der Waals surface area contributed by atoms with E-state index in [1.54, 1.807) is 0 Å². The van der Waals surface area contributed by atoms with Gasteiger partial charge in [0.2, 0.25) is 5.91 Å². The van der Waals surface area contributed by atoms with Crippen LogP contribution in [0.4, 0.5) is 5.69 Å². The molecule has 4 N–H and O–H groups in total. The van der Waals surface area contributed by atoms with Crippen LogP contribution in [0.1, 0.15) is 12.8 Å². The molecule has 1 fully saturated rings. The molecule has 0 bridgehead atoms. The molecule has 0 spiro atoms. The number of halogens is 1. The summed E-state index contributed by atoms with van der Waals surface area (Å²) in [6.07, 6.45) is 3.20. The Morgan fingerprint density at radius 2 is 2.45 bits per heavy atom. The monoisotopic (exact) mass is 299 g/mol. The largest absolute Gasteiger partial charge is 0.368 e. The summed E-state index contributed by atoms with van der Waals surface area (Å²) < 4.78 is 0. The van der Waals surface area contributed by atoms with Crippen molar-refractivity contribution in [3.63, 3.8) is 0 Å². The van der Waals surface area contributed by atoms with Gasteiger partial charge >= 0.3 is 0 Å². The minimum absolute atomic E-state index is 0.00549. The van der Waals surface area contributed by atoms with Crippen LogP contribution in [0.25, 0.3) is 0 Å². The van der Waals surface area contributed by atoms with Crippen LogP contribution in [0.5, 0.6) is 0 Å². The van der Waals surface area contributed by atoms with E-state index in [1.165, 1.54) is 6.20 Å². The zero-order valence-corrected chi connectivity index (χ0v) is 11.8. The molecule has 0 radical (unpaired) electrons. The van der Waals surface area contributed by atoms with Gasteiger partial charge in [0.05, 0.1) is 17.8 Å². The molecule has 0 saturated carbocycles. The smallest absolute Gasteiger partial charge is 0.285 e. The van der Waals surface area contributed by atoms with E-state index in [9.17, 15) is 9.59 Å². The van der Waals surface area contributed by atoms with E-state index in [1.807, 2.05) is 4.90 Å². The molecule has 2 rings (SSSR count). The Bertz CT molecular complexity index is 533. The quantitative estimate of drug-likeness (QED) is 0.709. The molecule has 1 atom stereocenters. The van der Waals surface area contributed by atoms with Gasteiger partial charge in [-0.05, 0) is 12.8 Å². The molecular weight excluding hydrogens is 282 g/mol. The Hall–Kier alpha value is -1.60. The van der Waals surface area contributed by atoms with Crippen molar-refractivity contribution in [3.8, 4) is 0 Å². The predicted octanol–water partition coefficient (Wildman–Crippen LogP) is -0.285. The molecule has 1 aromatic heterocycles. The Balaban J connectivity index is 2.08. The van der Waals surface area contributed by atoms with Crippen LogP contribution < -0.4 is 21.5 Å². The summed E-state index contributed by atoms with van der Waals surface area (Å²) in [5.41, 5.74) is 5.53. The van der Waals surface area contributed by atoms with E-state index in [2.05, 4.69) is 15.5 Å². The molecule has 7 nitrogen and oxygen atoms in total. The predicted molar refractivity (Wildman–Crippen MR) is 76.9 cm³/mol. The van der Waals surface area contributed by atoms with Crippen LogP contribution >= 0.6 is 11.6 Å². The molecule has 20 heavy (non-hydrogen) atoms. The molecule has 110 valence electrons. The fourth-order valence-corrected chi connectivity index (χ4v) is 2.55. The molecule has 1 aliphatic rings. The van der Waals surface area contributed by atoms with Crippen LogP contribution in [0.2, 0.25) is 5.02 Å². The molecular formula is C12H18ClN5O2. The van der Waals surface area contributed by atoms with Crippen molar-refractivity contribution in [1.82, 2.24) is 15.5 Å². The van der Waals surface area contributed by atoms with Crippen LogP contribution in [0.3, 0.4) is 0 Å². The summed E-state index contributed by atoms with van der Waals surface area (Å²) in [5, 5.41) is 8.95. The summed E-state index contributed by atoms with van der Waals surface area (Å²) in [6.45, 7) is 2.18. The summed E-state index contributed by atoms with van der Waals surface area (Å²) >= 11 is 5.99. The molecule has 0 aromatic carbocycles. The van der Waals surface area contributed by atoms with Crippen molar-refractivity contribution in [2.75, 3.05) is 31.1 Å². The van der Waals surface area contributed by atoms with Crippen molar-refractivity contribution in [3.05, 3.63) is 21.6 Å². The molecule has 1 aromatic rings. The number of anilines is 1. The number of nitrogens with two attached hydrogens (primary N) is 1. The lowest BCUT2D eigenvalue weighted by Crippen LogP contribution is -2.44. The maximum absolute atomic E-state index is 12.0. The number of carbonyl (C=O) groups excluding carboxylic acids is 1. The van der Waals surface area contributed by atoms with Gasteiger partial charge < -0.3 is 16.0 Å². The average molecular weight is 300 g/mol. The second kappa shape index (κ2) is 6.71. The van der Waals surface area contributed by atoms with Gasteiger partial charge in [0.1, 0.15) is 5.02 Å². The minimum atomic E-state index is -0.418. The summed E-state index contributed by atoms with van der Waals surface area (Å²) in [5.74, 6) is -0.125. The third kappa shape index (κ3) is 3.29. The fraction of sp³-hybridized carbons (Fsp3) is 0.583. The first-order valence-electron chi connectivity index (χ1n) is 6.59. The van der Waals surface area contributed by atoms with Gasteiger partial charge in [-0.1, -0.05) is 11.6 Å². The first kappa shape index (κ1) is 14.8. The number of nitrogens with zero attached hydrogens (tertiary/aromatic N) is 2. The second-order valence-corrected chi connectivity index (χ2v) is 5.14. The number of piperidine rings is 1. The van der Waals surface area contributed by atoms with Crippen molar-refractivity contribution in [2.24, 2.45) is 11.7 Å². The number of carbonyl (C=O) groups is 1. The number of H-pyrrole nitrogens is 1. The van der Waals surface area contributed by atoms with E-state index in [0.29, 0.717) is 25.3 Å². The highest BCUT2D eigenvalue weighted by Crippen LogP contribution is 2.26. The van der Waals surface area contributed by atoms with Crippen LogP contribution in [0.15, 0.2) is 11.0 Å². The highest BCUT2D eigenvalue weighted by molar-refractivity contribution is 6.33. The minimum Gasteiger partial charge on any atom is -0.368 e. The van der Waals surface area contributed by atoms with Crippen LogP contribution in [-0.4, -0.2) is 42.3 Å². The Morgan fingerprint density at radius 3 is 3.20 bits per heavy atom. The van der Waals surface area contributed by atoms with Gasteiger partial charge in [0.25, 0.3) is 5.56 Å². The zero-order valence-electron chi connectivity index (χ0n) is 11.1. The SMILES string of the molecule is NCCNC(=O)C1CCCN(c2cn[nH]c(=O)c2Cl)C1. The Morgan fingerprint density at radius 1 is 1.65 bits per heavy atom. The summed E-state index contributed by atoms with van der Waals surface area (Å²) in [6, 6.07) is 0. The van der Waals surface area contributed by atoms with Gasteiger partial charge in [-0.3, -0.25) is 9.59 Å². The first-order valence-corrected chi connectivity index (χ1v) is 6.97. The van der Waals surface area contributed by atoms with Crippen molar-refractivity contribution >= 4 is 23.2 Å². The van der Waals surface area contributed by atoms with E-state index in [4.69, 9.17) is 17.3 Å². The zero-order chi connectivity index (χ0) is 14.5. The number of rotatable bonds is 4.